The quantitative estimate of drug-likeness (QED) is 0.345. The zero-order chi connectivity index (χ0) is 20.6. The van der Waals surface area contributed by atoms with E-state index in [-0.39, 0.29) is 30.1 Å². The molecule has 0 aliphatic carbocycles. The normalized spacial score (nSPS) is 16.7. The van der Waals surface area contributed by atoms with Gasteiger partial charge in [-0.1, -0.05) is 29.3 Å². The predicted octanol–water partition coefficient (Wildman–Crippen LogP) is 3.45. The monoisotopic (exact) mass is 523 g/mol. The van der Waals surface area contributed by atoms with E-state index in [1.807, 2.05) is 12.3 Å². The van der Waals surface area contributed by atoms with Crippen molar-refractivity contribution in [2.75, 3.05) is 38.2 Å². The molecule has 1 aromatic carbocycles. The summed E-state index contributed by atoms with van der Waals surface area (Å²) in [6, 6.07) is 10.9. The van der Waals surface area contributed by atoms with Crippen molar-refractivity contribution in [2.45, 2.75) is 39.8 Å². The molecular formula is C23H34IN5O. The van der Waals surface area contributed by atoms with Gasteiger partial charge < -0.3 is 20.3 Å². The Hall–Kier alpha value is -1.87. The van der Waals surface area contributed by atoms with E-state index in [1.165, 1.54) is 22.3 Å². The van der Waals surface area contributed by atoms with Crippen LogP contribution >= 0.6 is 24.0 Å². The van der Waals surface area contributed by atoms with Crippen LogP contribution in [-0.2, 0) is 17.7 Å². The summed E-state index contributed by atoms with van der Waals surface area (Å²) >= 11 is 0. The molecule has 0 bridgehead atoms. The van der Waals surface area contributed by atoms with Crippen LogP contribution in [0.25, 0.3) is 0 Å². The minimum absolute atomic E-state index is 0. The molecule has 2 N–H and O–H groups in total. The second-order valence-electron chi connectivity index (χ2n) is 7.75. The maximum absolute atomic E-state index is 5.63. The predicted molar refractivity (Wildman–Crippen MR) is 135 cm³/mol. The van der Waals surface area contributed by atoms with Crippen LogP contribution in [0.15, 0.2) is 41.5 Å². The van der Waals surface area contributed by atoms with Crippen molar-refractivity contribution in [1.82, 2.24) is 15.6 Å². The number of aryl methyl sites for hydroxylation is 2. The zero-order valence-corrected chi connectivity index (χ0v) is 20.8. The van der Waals surface area contributed by atoms with Crippen molar-refractivity contribution >= 4 is 35.8 Å². The number of morpholine rings is 1. The number of aromatic nitrogens is 1. The Bertz CT molecular complexity index is 822. The fraction of sp³-hybridized carbons (Fsp3) is 0.478. The summed E-state index contributed by atoms with van der Waals surface area (Å²) in [5, 5.41) is 6.81. The second-order valence-corrected chi connectivity index (χ2v) is 7.75. The van der Waals surface area contributed by atoms with Gasteiger partial charge in [0.15, 0.2) is 5.96 Å². The van der Waals surface area contributed by atoms with E-state index >= 15 is 0 Å². The van der Waals surface area contributed by atoms with E-state index in [4.69, 9.17) is 4.74 Å². The fourth-order valence-electron chi connectivity index (χ4n) is 3.71. The van der Waals surface area contributed by atoms with Crippen molar-refractivity contribution < 1.29 is 4.74 Å². The van der Waals surface area contributed by atoms with Gasteiger partial charge in [-0.05, 0) is 50.5 Å². The number of rotatable bonds is 6. The van der Waals surface area contributed by atoms with E-state index in [2.05, 4.69) is 70.5 Å². The highest BCUT2D eigenvalue weighted by atomic mass is 127. The highest BCUT2D eigenvalue weighted by Gasteiger charge is 2.18. The van der Waals surface area contributed by atoms with Gasteiger partial charge in [-0.3, -0.25) is 4.99 Å². The zero-order valence-electron chi connectivity index (χ0n) is 18.4. The molecule has 1 saturated heterocycles. The first-order chi connectivity index (χ1) is 14.0. The Balaban J connectivity index is 0.00000320. The molecule has 7 heteroatoms. The van der Waals surface area contributed by atoms with Crippen molar-refractivity contribution in [3.63, 3.8) is 0 Å². The molecule has 1 aliphatic heterocycles. The lowest BCUT2D eigenvalue weighted by molar-refractivity contribution is 0.0529. The number of aliphatic imine (C=N–C) groups is 1. The number of benzene rings is 1. The van der Waals surface area contributed by atoms with Gasteiger partial charge in [0.05, 0.1) is 12.7 Å². The van der Waals surface area contributed by atoms with Crippen LogP contribution in [-0.4, -0.2) is 50.3 Å². The fourth-order valence-corrected chi connectivity index (χ4v) is 3.71. The lowest BCUT2D eigenvalue weighted by Crippen LogP contribution is -2.41. The number of anilines is 1. The first kappa shape index (κ1) is 24.4. The molecule has 164 valence electrons. The number of guanidine groups is 1. The maximum atomic E-state index is 5.63. The molecule has 2 aromatic rings. The maximum Gasteiger partial charge on any atom is 0.191 e. The minimum Gasteiger partial charge on any atom is -0.375 e. The first-order valence-electron chi connectivity index (χ1n) is 10.4. The lowest BCUT2D eigenvalue weighted by Gasteiger charge is -2.32. The summed E-state index contributed by atoms with van der Waals surface area (Å²) in [6.07, 6.45) is 3.09. The van der Waals surface area contributed by atoms with E-state index < -0.39 is 0 Å². The second kappa shape index (κ2) is 12.1. The third kappa shape index (κ3) is 7.43. The summed E-state index contributed by atoms with van der Waals surface area (Å²) in [5.41, 5.74) is 5.16. The molecule has 1 unspecified atom stereocenters. The Kier molecular flexibility index (Phi) is 9.84. The molecule has 0 saturated carbocycles. The van der Waals surface area contributed by atoms with Gasteiger partial charge in [0.25, 0.3) is 0 Å². The Labute approximate surface area is 197 Å². The standard InChI is InChI=1S/C23H33N5O.HI/c1-17-11-18(2)13-20(12-17)5-8-26-23(24-4)27-15-21-6-7-25-22(14-21)28-9-10-29-19(3)16-28;/h6-7,11-14,19H,5,8-10,15-16H2,1-4H3,(H2,24,26,27);1H. The molecule has 0 radical (unpaired) electrons. The molecule has 1 aliphatic rings. The summed E-state index contributed by atoms with van der Waals surface area (Å²) in [7, 11) is 1.80. The molecule has 0 spiro atoms. The van der Waals surface area contributed by atoms with Crippen LogP contribution in [0.1, 0.15) is 29.2 Å². The molecule has 1 fully saturated rings. The highest BCUT2D eigenvalue weighted by Crippen LogP contribution is 2.16. The molecule has 3 rings (SSSR count). The lowest BCUT2D eigenvalue weighted by atomic mass is 10.1. The first-order valence-corrected chi connectivity index (χ1v) is 10.4. The summed E-state index contributed by atoms with van der Waals surface area (Å²) in [5.74, 6) is 1.82. The summed E-state index contributed by atoms with van der Waals surface area (Å²) < 4.78 is 5.63. The van der Waals surface area contributed by atoms with Gasteiger partial charge in [-0.15, -0.1) is 24.0 Å². The average Bonchev–Trinajstić information content (AvgIpc) is 2.70. The molecule has 30 heavy (non-hydrogen) atoms. The number of pyridine rings is 1. The highest BCUT2D eigenvalue weighted by molar-refractivity contribution is 14.0. The van der Waals surface area contributed by atoms with Gasteiger partial charge >= 0.3 is 0 Å². The van der Waals surface area contributed by atoms with E-state index in [0.29, 0.717) is 6.54 Å². The minimum atomic E-state index is 0. The van der Waals surface area contributed by atoms with Crippen LogP contribution in [0.3, 0.4) is 0 Å². The molecular weight excluding hydrogens is 489 g/mol. The third-order valence-corrected chi connectivity index (χ3v) is 5.05. The van der Waals surface area contributed by atoms with Crippen molar-refractivity contribution in [3.8, 4) is 0 Å². The van der Waals surface area contributed by atoms with Gasteiger partial charge in [-0.2, -0.15) is 0 Å². The van der Waals surface area contributed by atoms with Crippen LogP contribution < -0.4 is 15.5 Å². The Morgan fingerprint density at radius 2 is 1.93 bits per heavy atom. The molecule has 2 heterocycles. The van der Waals surface area contributed by atoms with E-state index in [1.54, 1.807) is 7.05 Å². The van der Waals surface area contributed by atoms with Crippen LogP contribution in [0.4, 0.5) is 5.82 Å². The Morgan fingerprint density at radius 3 is 2.63 bits per heavy atom. The largest absolute Gasteiger partial charge is 0.375 e. The smallest absolute Gasteiger partial charge is 0.191 e. The van der Waals surface area contributed by atoms with Crippen LogP contribution in [0, 0.1) is 13.8 Å². The SMILES string of the molecule is CN=C(NCCc1cc(C)cc(C)c1)NCc1ccnc(N2CCOC(C)C2)c1.I. The topological polar surface area (TPSA) is 61.8 Å². The van der Waals surface area contributed by atoms with Gasteiger partial charge in [-0.25, -0.2) is 4.98 Å². The van der Waals surface area contributed by atoms with Gasteiger partial charge in [0.2, 0.25) is 0 Å². The van der Waals surface area contributed by atoms with E-state index in [9.17, 15) is 0 Å². The van der Waals surface area contributed by atoms with Crippen LogP contribution in [0.5, 0.6) is 0 Å². The van der Waals surface area contributed by atoms with Gasteiger partial charge in [0, 0.05) is 39.4 Å². The van der Waals surface area contributed by atoms with Gasteiger partial charge in [0.1, 0.15) is 5.82 Å². The van der Waals surface area contributed by atoms with Crippen molar-refractivity contribution in [3.05, 3.63) is 58.8 Å². The number of hydrogen-bond acceptors (Lipinski definition) is 4. The summed E-state index contributed by atoms with van der Waals surface area (Å²) in [4.78, 5) is 11.2. The van der Waals surface area contributed by atoms with Crippen molar-refractivity contribution in [2.24, 2.45) is 4.99 Å². The molecule has 1 atom stereocenters. The number of nitrogens with one attached hydrogen (secondary N) is 2. The number of halogens is 1. The van der Waals surface area contributed by atoms with E-state index in [0.717, 1.165) is 44.4 Å². The molecule has 1 aromatic heterocycles. The summed E-state index contributed by atoms with van der Waals surface area (Å²) in [6.45, 7) is 10.5. The average molecular weight is 523 g/mol. The number of ether oxygens (including phenoxy) is 1. The number of nitrogens with zero attached hydrogens (tertiary/aromatic N) is 3. The van der Waals surface area contributed by atoms with Crippen LogP contribution in [0.2, 0.25) is 0 Å². The third-order valence-electron chi connectivity index (χ3n) is 5.05. The molecule has 6 nitrogen and oxygen atoms in total. The van der Waals surface area contributed by atoms with Crippen molar-refractivity contribution in [1.29, 1.82) is 0 Å². The number of hydrogen-bond donors (Lipinski definition) is 2. The Morgan fingerprint density at radius 1 is 1.17 bits per heavy atom. The molecule has 0 amide bonds.